The SMILES string of the molecule is CCCCCN(C)CC(NCC)c1cc(C)cc(C)c1. The summed E-state index contributed by atoms with van der Waals surface area (Å²) in [6.07, 6.45) is 3.93. The largest absolute Gasteiger partial charge is 0.309 e. The average molecular weight is 276 g/mol. The molecule has 1 N–H and O–H groups in total. The van der Waals surface area contributed by atoms with Crippen LogP contribution >= 0.6 is 0 Å². The molecule has 1 atom stereocenters. The summed E-state index contributed by atoms with van der Waals surface area (Å²) in [5.41, 5.74) is 4.14. The fraction of sp³-hybridized carbons (Fsp3) is 0.667. The predicted molar refractivity (Wildman–Crippen MR) is 89.4 cm³/mol. The van der Waals surface area contributed by atoms with E-state index in [1.165, 1.54) is 42.5 Å². The van der Waals surface area contributed by atoms with Gasteiger partial charge in [-0.3, -0.25) is 0 Å². The van der Waals surface area contributed by atoms with Crippen LogP contribution in [0.15, 0.2) is 18.2 Å². The van der Waals surface area contributed by atoms with E-state index in [-0.39, 0.29) is 0 Å². The normalized spacial score (nSPS) is 12.9. The number of unbranched alkanes of at least 4 members (excludes halogenated alkanes) is 2. The van der Waals surface area contributed by atoms with Gasteiger partial charge in [0.1, 0.15) is 0 Å². The molecule has 0 fully saturated rings. The summed E-state index contributed by atoms with van der Waals surface area (Å²) in [6, 6.07) is 7.32. The summed E-state index contributed by atoms with van der Waals surface area (Å²) in [4.78, 5) is 2.46. The van der Waals surface area contributed by atoms with E-state index < -0.39 is 0 Å². The van der Waals surface area contributed by atoms with E-state index >= 15 is 0 Å². The molecule has 1 unspecified atom stereocenters. The Balaban J connectivity index is 2.67. The second-order valence-electron chi connectivity index (χ2n) is 6.00. The predicted octanol–water partition coefficient (Wildman–Crippen LogP) is 4.08. The van der Waals surface area contributed by atoms with Crippen LogP contribution < -0.4 is 5.32 Å². The third kappa shape index (κ3) is 6.06. The van der Waals surface area contributed by atoms with Crippen LogP contribution in [0.4, 0.5) is 0 Å². The van der Waals surface area contributed by atoms with Crippen molar-refractivity contribution in [3.05, 3.63) is 34.9 Å². The van der Waals surface area contributed by atoms with Crippen molar-refractivity contribution in [1.82, 2.24) is 10.2 Å². The highest BCUT2D eigenvalue weighted by molar-refractivity contribution is 5.30. The lowest BCUT2D eigenvalue weighted by Crippen LogP contribution is -2.33. The van der Waals surface area contributed by atoms with E-state index in [0.29, 0.717) is 6.04 Å². The Morgan fingerprint density at radius 1 is 1.05 bits per heavy atom. The average Bonchev–Trinajstić information content (AvgIpc) is 2.37. The van der Waals surface area contributed by atoms with Crippen molar-refractivity contribution in [3.63, 3.8) is 0 Å². The van der Waals surface area contributed by atoms with E-state index in [4.69, 9.17) is 0 Å². The Bertz CT molecular complexity index is 367. The lowest BCUT2D eigenvalue weighted by Gasteiger charge is -2.25. The number of nitrogens with one attached hydrogen (secondary N) is 1. The van der Waals surface area contributed by atoms with Gasteiger partial charge in [-0.25, -0.2) is 0 Å². The fourth-order valence-corrected chi connectivity index (χ4v) is 2.78. The molecule has 0 amide bonds. The topological polar surface area (TPSA) is 15.3 Å². The summed E-state index contributed by atoms with van der Waals surface area (Å²) < 4.78 is 0. The van der Waals surface area contributed by atoms with Crippen LogP contribution in [0.5, 0.6) is 0 Å². The van der Waals surface area contributed by atoms with Crippen LogP contribution in [0.25, 0.3) is 0 Å². The standard InChI is InChI=1S/C18H32N2/c1-6-8-9-10-20(5)14-18(19-7-2)17-12-15(3)11-16(4)13-17/h11-13,18-19H,6-10,14H2,1-5H3. The van der Waals surface area contributed by atoms with Crippen LogP contribution in [0, 0.1) is 13.8 Å². The molecule has 0 aliphatic carbocycles. The van der Waals surface area contributed by atoms with Crippen molar-refractivity contribution in [2.75, 3.05) is 26.7 Å². The maximum atomic E-state index is 3.63. The van der Waals surface area contributed by atoms with E-state index in [1.807, 2.05) is 0 Å². The molecule has 0 spiro atoms. The summed E-state index contributed by atoms with van der Waals surface area (Å²) in [7, 11) is 2.24. The molecule has 0 radical (unpaired) electrons. The van der Waals surface area contributed by atoms with Gasteiger partial charge in [0.15, 0.2) is 0 Å². The minimum Gasteiger partial charge on any atom is -0.309 e. The van der Waals surface area contributed by atoms with Gasteiger partial charge >= 0.3 is 0 Å². The molecule has 0 aromatic heterocycles. The van der Waals surface area contributed by atoms with Gasteiger partial charge in [0.05, 0.1) is 0 Å². The van der Waals surface area contributed by atoms with Crippen molar-refractivity contribution in [2.45, 2.75) is 53.0 Å². The molecule has 1 aromatic carbocycles. The number of aryl methyl sites for hydroxylation is 2. The monoisotopic (exact) mass is 276 g/mol. The maximum absolute atomic E-state index is 3.63. The first-order valence-electron chi connectivity index (χ1n) is 8.07. The van der Waals surface area contributed by atoms with Crippen LogP contribution in [0.2, 0.25) is 0 Å². The first kappa shape index (κ1) is 17.2. The number of hydrogen-bond donors (Lipinski definition) is 1. The molecule has 1 rings (SSSR count). The lowest BCUT2D eigenvalue weighted by molar-refractivity contribution is 0.286. The van der Waals surface area contributed by atoms with Gasteiger partial charge in [-0.1, -0.05) is 56.0 Å². The molecule has 0 bridgehead atoms. The van der Waals surface area contributed by atoms with Crippen LogP contribution in [0.1, 0.15) is 55.8 Å². The van der Waals surface area contributed by atoms with Gasteiger partial charge in [0.2, 0.25) is 0 Å². The third-order valence-corrected chi connectivity index (χ3v) is 3.73. The second-order valence-corrected chi connectivity index (χ2v) is 6.00. The zero-order valence-corrected chi connectivity index (χ0v) is 14.0. The Labute approximate surface area is 125 Å². The summed E-state index contributed by atoms with van der Waals surface area (Å²) in [6.45, 7) is 12.1. The van der Waals surface area contributed by atoms with Crippen molar-refractivity contribution in [1.29, 1.82) is 0 Å². The maximum Gasteiger partial charge on any atom is 0.0449 e. The van der Waals surface area contributed by atoms with Gasteiger partial charge in [-0.2, -0.15) is 0 Å². The zero-order chi connectivity index (χ0) is 15.0. The van der Waals surface area contributed by atoms with Crippen LogP contribution in [-0.4, -0.2) is 31.6 Å². The molecule has 0 heterocycles. The van der Waals surface area contributed by atoms with E-state index in [0.717, 1.165) is 13.1 Å². The Kier molecular flexibility index (Phi) is 7.86. The minimum absolute atomic E-state index is 0.435. The summed E-state index contributed by atoms with van der Waals surface area (Å²) in [5, 5.41) is 3.63. The highest BCUT2D eigenvalue weighted by Gasteiger charge is 2.13. The van der Waals surface area contributed by atoms with Gasteiger partial charge in [-0.05, 0) is 46.0 Å². The summed E-state index contributed by atoms with van der Waals surface area (Å²) >= 11 is 0. The fourth-order valence-electron chi connectivity index (χ4n) is 2.78. The first-order chi connectivity index (χ1) is 9.56. The number of nitrogens with zero attached hydrogens (tertiary/aromatic N) is 1. The smallest absolute Gasteiger partial charge is 0.0449 e. The zero-order valence-electron chi connectivity index (χ0n) is 14.0. The number of rotatable bonds is 9. The number of hydrogen-bond acceptors (Lipinski definition) is 2. The van der Waals surface area contributed by atoms with Gasteiger partial charge in [-0.15, -0.1) is 0 Å². The molecular formula is C18H32N2. The highest BCUT2D eigenvalue weighted by Crippen LogP contribution is 2.18. The Hall–Kier alpha value is -0.860. The van der Waals surface area contributed by atoms with Crippen molar-refractivity contribution in [3.8, 4) is 0 Å². The highest BCUT2D eigenvalue weighted by atomic mass is 15.1. The Morgan fingerprint density at radius 3 is 2.25 bits per heavy atom. The molecule has 2 nitrogen and oxygen atoms in total. The van der Waals surface area contributed by atoms with Gasteiger partial charge in [0, 0.05) is 12.6 Å². The van der Waals surface area contributed by atoms with E-state index in [1.54, 1.807) is 0 Å². The summed E-state index contributed by atoms with van der Waals surface area (Å²) in [5.74, 6) is 0. The minimum atomic E-state index is 0.435. The molecule has 2 heteroatoms. The van der Waals surface area contributed by atoms with Gasteiger partial charge < -0.3 is 10.2 Å². The molecule has 0 aliphatic heterocycles. The van der Waals surface area contributed by atoms with E-state index in [9.17, 15) is 0 Å². The number of likely N-dealkylation sites (N-methyl/N-ethyl adjacent to an activating group) is 2. The molecule has 0 saturated carbocycles. The van der Waals surface area contributed by atoms with Crippen molar-refractivity contribution < 1.29 is 0 Å². The molecular weight excluding hydrogens is 244 g/mol. The Morgan fingerprint density at radius 2 is 1.70 bits per heavy atom. The molecule has 114 valence electrons. The second kappa shape index (κ2) is 9.15. The molecule has 0 saturated heterocycles. The molecule has 20 heavy (non-hydrogen) atoms. The lowest BCUT2D eigenvalue weighted by atomic mass is 10.0. The van der Waals surface area contributed by atoms with Crippen LogP contribution in [-0.2, 0) is 0 Å². The number of benzene rings is 1. The van der Waals surface area contributed by atoms with Gasteiger partial charge in [0.25, 0.3) is 0 Å². The van der Waals surface area contributed by atoms with E-state index in [2.05, 4.69) is 63.2 Å². The molecule has 1 aromatic rings. The third-order valence-electron chi connectivity index (χ3n) is 3.73. The quantitative estimate of drug-likeness (QED) is 0.684. The first-order valence-corrected chi connectivity index (χ1v) is 8.07. The van der Waals surface area contributed by atoms with Crippen molar-refractivity contribution in [2.24, 2.45) is 0 Å². The van der Waals surface area contributed by atoms with Crippen LogP contribution in [0.3, 0.4) is 0 Å². The van der Waals surface area contributed by atoms with Crippen molar-refractivity contribution >= 4 is 0 Å². The molecule has 0 aliphatic rings.